The van der Waals surface area contributed by atoms with Gasteiger partial charge in [-0.1, -0.05) is 51.8 Å². The molecule has 4 saturated carbocycles. The van der Waals surface area contributed by atoms with Crippen LogP contribution < -0.4 is 33.8 Å². The van der Waals surface area contributed by atoms with Crippen molar-refractivity contribution in [2.75, 3.05) is 20.1 Å². The summed E-state index contributed by atoms with van der Waals surface area (Å²) in [5.41, 5.74) is 2.55. The number of para-hydroxylation sites is 1. The van der Waals surface area contributed by atoms with Crippen LogP contribution in [0.15, 0.2) is 30.3 Å². The molecule has 1 saturated heterocycles. The Kier molecular flexibility index (Phi) is 9.38. The van der Waals surface area contributed by atoms with E-state index in [0.29, 0.717) is 35.1 Å². The SMILES string of the molecule is CC(CCC(=O)NC1CC[N+](C)(c2ccccc2)CC1)[C@H]1CC[C@H]2[C@@H]3CCC4CCCC[C@]4(C)[C@H]3CC[C@]12C.[I-]. The van der Waals surface area contributed by atoms with E-state index in [1.807, 2.05) is 0 Å². The molecule has 4 heteroatoms. The van der Waals surface area contributed by atoms with Crippen LogP contribution in [0.4, 0.5) is 5.69 Å². The predicted molar refractivity (Wildman–Crippen MR) is 163 cm³/mol. The van der Waals surface area contributed by atoms with E-state index >= 15 is 0 Å². The number of rotatable bonds is 6. The highest BCUT2D eigenvalue weighted by Crippen LogP contribution is 2.68. The molecular formula is C36H57IN2O. The second kappa shape index (κ2) is 12.2. The number of likely N-dealkylation sites (tertiary alicyclic amines) is 1. The molecule has 0 spiro atoms. The molecule has 4 aliphatic carbocycles. The highest BCUT2D eigenvalue weighted by atomic mass is 127. The average Bonchev–Trinajstić information content (AvgIpc) is 3.30. The maximum atomic E-state index is 13.1. The quantitative estimate of drug-likeness (QED) is 0.323. The molecule has 1 aliphatic heterocycles. The van der Waals surface area contributed by atoms with Crippen molar-refractivity contribution in [3.63, 3.8) is 0 Å². The summed E-state index contributed by atoms with van der Waals surface area (Å²) in [7, 11) is 2.35. The van der Waals surface area contributed by atoms with Crippen molar-refractivity contribution in [2.45, 2.75) is 117 Å². The first-order valence-corrected chi connectivity index (χ1v) is 16.9. The topological polar surface area (TPSA) is 29.1 Å². The first-order chi connectivity index (χ1) is 18.7. The highest BCUT2D eigenvalue weighted by molar-refractivity contribution is 5.76. The number of hydrogen-bond acceptors (Lipinski definition) is 1. The Hall–Kier alpha value is -0.620. The van der Waals surface area contributed by atoms with E-state index in [1.54, 1.807) is 0 Å². The first kappa shape index (κ1) is 30.8. The van der Waals surface area contributed by atoms with E-state index < -0.39 is 0 Å². The number of carbonyl (C=O) groups is 1. The lowest BCUT2D eigenvalue weighted by Crippen LogP contribution is -3.00. The molecule has 1 heterocycles. The zero-order chi connectivity index (χ0) is 27.3. The zero-order valence-corrected chi connectivity index (χ0v) is 28.1. The Morgan fingerprint density at radius 2 is 1.62 bits per heavy atom. The number of quaternary nitrogens is 1. The van der Waals surface area contributed by atoms with Gasteiger partial charge in [0.15, 0.2) is 0 Å². The third-order valence-corrected chi connectivity index (χ3v) is 13.9. The summed E-state index contributed by atoms with van der Waals surface area (Å²) in [4.78, 5) is 13.1. The predicted octanol–water partition coefficient (Wildman–Crippen LogP) is 5.37. The van der Waals surface area contributed by atoms with Gasteiger partial charge in [-0.25, -0.2) is 0 Å². The molecule has 6 rings (SSSR count). The maximum Gasteiger partial charge on any atom is 0.220 e. The Bertz CT molecular complexity index is 1010. The molecule has 1 N–H and O–H groups in total. The number of nitrogens with one attached hydrogen (secondary N) is 1. The fraction of sp³-hybridized carbons (Fsp3) is 0.806. The number of nitrogens with zero attached hydrogens (tertiary/aromatic N) is 1. The molecule has 1 amide bonds. The van der Waals surface area contributed by atoms with Gasteiger partial charge >= 0.3 is 0 Å². The Labute approximate surface area is 262 Å². The molecule has 1 aromatic carbocycles. The summed E-state index contributed by atoms with van der Waals surface area (Å²) in [6.07, 6.45) is 18.7. The van der Waals surface area contributed by atoms with Crippen LogP contribution in [0.25, 0.3) is 0 Å². The monoisotopic (exact) mass is 660 g/mol. The van der Waals surface area contributed by atoms with Crippen molar-refractivity contribution in [1.29, 1.82) is 0 Å². The molecule has 8 atom stereocenters. The number of benzene rings is 1. The van der Waals surface area contributed by atoms with Gasteiger partial charge in [0.25, 0.3) is 0 Å². The smallest absolute Gasteiger partial charge is 0.220 e. The van der Waals surface area contributed by atoms with Gasteiger partial charge in [0.1, 0.15) is 5.69 Å². The van der Waals surface area contributed by atoms with E-state index in [2.05, 4.69) is 63.5 Å². The second-order valence-corrected chi connectivity index (χ2v) is 15.7. The molecule has 2 unspecified atom stereocenters. The molecule has 3 nitrogen and oxygen atoms in total. The minimum atomic E-state index is 0. The van der Waals surface area contributed by atoms with Gasteiger partial charge in [-0.3, -0.25) is 9.28 Å². The van der Waals surface area contributed by atoms with Gasteiger partial charge in [0.05, 0.1) is 20.1 Å². The molecule has 1 aromatic rings. The largest absolute Gasteiger partial charge is 1.00 e. The minimum absolute atomic E-state index is 0. The van der Waals surface area contributed by atoms with Crippen molar-refractivity contribution < 1.29 is 28.8 Å². The Morgan fingerprint density at radius 3 is 2.38 bits per heavy atom. The number of hydrogen-bond donors (Lipinski definition) is 1. The molecule has 0 bridgehead atoms. The van der Waals surface area contributed by atoms with Crippen LogP contribution in [0.5, 0.6) is 0 Å². The number of amides is 1. The molecule has 5 aliphatic rings. The molecular weight excluding hydrogens is 603 g/mol. The van der Waals surface area contributed by atoms with Crippen LogP contribution in [0.3, 0.4) is 0 Å². The van der Waals surface area contributed by atoms with E-state index in [-0.39, 0.29) is 24.0 Å². The maximum absolute atomic E-state index is 13.1. The van der Waals surface area contributed by atoms with Gasteiger partial charge in [0, 0.05) is 25.3 Å². The lowest BCUT2D eigenvalue weighted by Gasteiger charge is -2.61. The van der Waals surface area contributed by atoms with Crippen LogP contribution in [0.2, 0.25) is 0 Å². The third kappa shape index (κ3) is 5.55. The van der Waals surface area contributed by atoms with Crippen LogP contribution in [-0.2, 0) is 4.79 Å². The third-order valence-electron chi connectivity index (χ3n) is 13.9. The van der Waals surface area contributed by atoms with Crippen molar-refractivity contribution in [1.82, 2.24) is 9.80 Å². The molecule has 0 radical (unpaired) electrons. The number of carbonyl (C=O) groups excluding carboxylic acids is 1. The second-order valence-electron chi connectivity index (χ2n) is 15.7. The van der Waals surface area contributed by atoms with Crippen molar-refractivity contribution in [2.24, 2.45) is 46.3 Å². The van der Waals surface area contributed by atoms with Gasteiger partial charge in [0.2, 0.25) is 5.91 Å². The van der Waals surface area contributed by atoms with E-state index in [9.17, 15) is 4.79 Å². The lowest BCUT2D eigenvalue weighted by molar-refractivity contribution is -0.123. The van der Waals surface area contributed by atoms with Crippen molar-refractivity contribution in [3.8, 4) is 0 Å². The van der Waals surface area contributed by atoms with Crippen LogP contribution in [0.1, 0.15) is 111 Å². The summed E-state index contributed by atoms with van der Waals surface area (Å²) in [6, 6.07) is 11.2. The zero-order valence-electron chi connectivity index (χ0n) is 26.0. The van der Waals surface area contributed by atoms with Gasteiger partial charge in [-0.15, -0.1) is 0 Å². The average molecular weight is 661 g/mol. The Morgan fingerprint density at radius 1 is 0.900 bits per heavy atom. The lowest BCUT2D eigenvalue weighted by atomic mass is 9.44. The van der Waals surface area contributed by atoms with Crippen LogP contribution in [-0.4, -0.2) is 32.1 Å². The fourth-order valence-corrected chi connectivity index (χ4v) is 11.5. The first-order valence-electron chi connectivity index (χ1n) is 16.9. The molecule has 224 valence electrons. The molecule has 0 aromatic heterocycles. The summed E-state index contributed by atoms with van der Waals surface area (Å²) >= 11 is 0. The summed E-state index contributed by atoms with van der Waals surface area (Å²) in [5, 5.41) is 3.44. The van der Waals surface area contributed by atoms with Crippen molar-refractivity contribution >= 4 is 11.6 Å². The van der Waals surface area contributed by atoms with E-state index in [4.69, 9.17) is 0 Å². The van der Waals surface area contributed by atoms with E-state index in [0.717, 1.165) is 66.4 Å². The summed E-state index contributed by atoms with van der Waals surface area (Å²) in [5.74, 6) is 5.70. The summed E-state index contributed by atoms with van der Waals surface area (Å²) in [6.45, 7) is 10.1. The normalized spacial score (nSPS) is 43.4. The van der Waals surface area contributed by atoms with Crippen LogP contribution >= 0.6 is 0 Å². The molecule has 40 heavy (non-hydrogen) atoms. The fourth-order valence-electron chi connectivity index (χ4n) is 11.5. The number of piperidine rings is 1. The van der Waals surface area contributed by atoms with Gasteiger partial charge in [-0.05, 0) is 116 Å². The van der Waals surface area contributed by atoms with Gasteiger partial charge < -0.3 is 29.3 Å². The van der Waals surface area contributed by atoms with Crippen LogP contribution in [0, 0.1) is 46.3 Å². The van der Waals surface area contributed by atoms with Crippen molar-refractivity contribution in [3.05, 3.63) is 30.3 Å². The molecule has 5 fully saturated rings. The summed E-state index contributed by atoms with van der Waals surface area (Å²) < 4.78 is 0.993. The Balaban J connectivity index is 0.00000323. The van der Waals surface area contributed by atoms with E-state index in [1.165, 1.54) is 69.9 Å². The highest BCUT2D eigenvalue weighted by Gasteiger charge is 2.60. The standard InChI is InChI=1S/C36H56N2O.HI/c1-26(13-18-34(39)37-28-20-24-38(4,25-21-28)29-11-6-5-7-12-29)31-16-17-32-30-15-14-27-10-8-9-22-35(27,2)33(30)19-23-36(31,32)3;/h5-7,11-12,26-28,30-33H,8-10,13-25H2,1-4H3;1H/t26?,27?,28?,30-,31+,32-,33-,35-,36+,38?;/m0./s1. The minimum Gasteiger partial charge on any atom is -1.00 e. The van der Waals surface area contributed by atoms with Gasteiger partial charge in [-0.2, -0.15) is 0 Å². The number of fused-ring (bicyclic) bond motifs is 5. The number of halogens is 1.